The number of nitrogens with zero attached hydrogens (tertiary/aromatic N) is 3. The molecule has 250 valence electrons. The monoisotopic (exact) mass is 687 g/mol. The topological polar surface area (TPSA) is 138 Å². The number of aryl methyl sites for hydroxylation is 1. The molecule has 6 atom stereocenters. The van der Waals surface area contributed by atoms with Crippen molar-refractivity contribution in [2.24, 2.45) is 23.7 Å². The summed E-state index contributed by atoms with van der Waals surface area (Å²) < 4.78 is 0. The summed E-state index contributed by atoms with van der Waals surface area (Å²) in [4.78, 5) is 71.5. The molecule has 0 bridgehead atoms. The smallest absolute Gasteiger partial charge is 0.269 e. The molecule has 0 radical (unpaired) electrons. The number of nitro benzene ring substituents is 1. The van der Waals surface area contributed by atoms with Gasteiger partial charge >= 0.3 is 0 Å². The highest BCUT2D eigenvalue weighted by atomic mass is 35.5. The fourth-order valence-electron chi connectivity index (χ4n) is 8.95. The first-order valence-electron chi connectivity index (χ1n) is 16.3. The van der Waals surface area contributed by atoms with Gasteiger partial charge in [-0.2, -0.15) is 0 Å². The number of benzene rings is 4. The van der Waals surface area contributed by atoms with Crippen molar-refractivity contribution in [3.63, 3.8) is 0 Å². The summed E-state index contributed by atoms with van der Waals surface area (Å²) in [6, 6.07) is 26.3. The van der Waals surface area contributed by atoms with Crippen LogP contribution in [0.3, 0.4) is 0 Å². The van der Waals surface area contributed by atoms with Gasteiger partial charge in [-0.1, -0.05) is 71.8 Å². The molecule has 10 nitrogen and oxygen atoms in total. The summed E-state index contributed by atoms with van der Waals surface area (Å²) in [6.45, 7) is 1.76. The molecular weight excluding hydrogens is 658 g/mol. The lowest BCUT2D eigenvalue weighted by atomic mass is 9.49. The molecule has 11 heteroatoms. The molecule has 8 rings (SSSR count). The van der Waals surface area contributed by atoms with Crippen LogP contribution >= 0.6 is 11.6 Å². The number of allylic oxidation sites excluding steroid dienone is 2. The number of phenols is 1. The van der Waals surface area contributed by atoms with Crippen LogP contribution in [0.25, 0.3) is 0 Å². The first-order chi connectivity index (χ1) is 24.0. The van der Waals surface area contributed by atoms with Gasteiger partial charge in [-0.15, -0.1) is 0 Å². The van der Waals surface area contributed by atoms with Crippen LogP contribution in [0.1, 0.15) is 35.4 Å². The molecular formula is C39H30ClN3O7. The molecule has 2 aliphatic heterocycles. The highest BCUT2D eigenvalue weighted by Crippen LogP contribution is 2.64. The predicted octanol–water partition coefficient (Wildman–Crippen LogP) is 6.63. The number of amides is 4. The van der Waals surface area contributed by atoms with Crippen LogP contribution in [0.2, 0.25) is 5.02 Å². The number of carbonyl (C=O) groups excluding carboxylic acids is 4. The molecule has 4 amide bonds. The van der Waals surface area contributed by atoms with Crippen LogP contribution in [0.15, 0.2) is 109 Å². The van der Waals surface area contributed by atoms with Crippen LogP contribution in [0.5, 0.6) is 5.75 Å². The zero-order chi connectivity index (χ0) is 35.1. The van der Waals surface area contributed by atoms with Crippen LogP contribution in [0, 0.1) is 40.7 Å². The van der Waals surface area contributed by atoms with Gasteiger partial charge in [0.15, 0.2) is 0 Å². The molecule has 3 fully saturated rings. The fourth-order valence-corrected chi connectivity index (χ4v) is 9.14. The Labute approximate surface area is 291 Å². The van der Waals surface area contributed by atoms with E-state index in [0.29, 0.717) is 27.4 Å². The molecule has 2 heterocycles. The molecule has 1 N–H and O–H groups in total. The van der Waals surface area contributed by atoms with Crippen LogP contribution in [-0.2, 0) is 24.6 Å². The van der Waals surface area contributed by atoms with Gasteiger partial charge < -0.3 is 5.11 Å². The Morgan fingerprint density at radius 2 is 1.56 bits per heavy atom. The van der Waals surface area contributed by atoms with E-state index >= 15 is 4.79 Å². The number of aromatic hydroxyl groups is 1. The normalized spacial score (nSPS) is 27.2. The number of non-ortho nitro benzene ring substituents is 1. The third-order valence-corrected chi connectivity index (χ3v) is 11.3. The molecule has 0 unspecified atom stereocenters. The van der Waals surface area contributed by atoms with E-state index in [2.05, 4.69) is 0 Å². The Bertz CT molecular complexity index is 2170. The Morgan fingerprint density at radius 1 is 0.820 bits per heavy atom. The molecule has 2 aliphatic carbocycles. The quantitative estimate of drug-likeness (QED) is 0.108. The van der Waals surface area contributed by atoms with Crippen molar-refractivity contribution in [2.45, 2.75) is 31.1 Å². The Morgan fingerprint density at radius 3 is 2.24 bits per heavy atom. The van der Waals surface area contributed by atoms with Crippen molar-refractivity contribution in [1.82, 2.24) is 0 Å². The largest absolute Gasteiger partial charge is 0.508 e. The summed E-state index contributed by atoms with van der Waals surface area (Å²) in [5.74, 6) is -5.38. The van der Waals surface area contributed by atoms with Gasteiger partial charge in [0.2, 0.25) is 23.6 Å². The van der Waals surface area contributed by atoms with Gasteiger partial charge in [0.25, 0.3) is 5.69 Å². The zero-order valence-electron chi connectivity index (χ0n) is 26.7. The third-order valence-electron chi connectivity index (χ3n) is 11.0. The number of carbonyl (C=O) groups is 4. The number of imide groups is 2. The second kappa shape index (κ2) is 11.5. The molecule has 4 aromatic carbocycles. The number of hydrogen-bond acceptors (Lipinski definition) is 7. The summed E-state index contributed by atoms with van der Waals surface area (Å²) in [5.41, 5.74) is 1.69. The number of anilines is 2. The number of nitro groups is 1. The number of rotatable bonds is 5. The predicted molar refractivity (Wildman–Crippen MR) is 185 cm³/mol. The van der Waals surface area contributed by atoms with Crippen molar-refractivity contribution in [3.8, 4) is 5.75 Å². The van der Waals surface area contributed by atoms with Crippen molar-refractivity contribution in [3.05, 3.63) is 141 Å². The second-order valence-corrected chi connectivity index (χ2v) is 13.9. The summed E-state index contributed by atoms with van der Waals surface area (Å²) in [7, 11) is 0. The van der Waals surface area contributed by atoms with Crippen molar-refractivity contribution < 1.29 is 29.2 Å². The standard InChI is InChI=1S/C39H30ClN3O7/c1-21-18-22(10-17-32(21)44)34-28-15-16-29-33(37(47)41(35(29)45)25-11-13-26(14-12-25)43(49)50)30(28)20-31-36(46)42(27-9-5-8-24(40)19-27)38(48)39(31,34)23-6-3-2-4-7-23/h2-15,17-19,29-31,33-34,44H,16,20H2,1H3/t29-,30+,31-,33-,34-,39+/m0/s1. The average Bonchev–Trinajstić information content (AvgIpc) is 3.50. The van der Waals surface area contributed by atoms with Gasteiger partial charge in [0.05, 0.1) is 39.5 Å². The zero-order valence-corrected chi connectivity index (χ0v) is 27.5. The Balaban J connectivity index is 1.33. The van der Waals surface area contributed by atoms with E-state index in [1.54, 1.807) is 43.3 Å². The minimum atomic E-state index is -1.43. The molecule has 1 saturated carbocycles. The first-order valence-corrected chi connectivity index (χ1v) is 16.7. The van der Waals surface area contributed by atoms with Crippen molar-refractivity contribution in [2.75, 3.05) is 9.80 Å². The van der Waals surface area contributed by atoms with Gasteiger partial charge in [-0.3, -0.25) is 34.2 Å². The number of fused-ring (bicyclic) bond motifs is 4. The second-order valence-electron chi connectivity index (χ2n) is 13.4. The molecule has 2 saturated heterocycles. The number of hydrogen-bond donors (Lipinski definition) is 1. The lowest BCUT2D eigenvalue weighted by Gasteiger charge is -2.50. The maximum absolute atomic E-state index is 15.3. The molecule has 4 aliphatic rings. The number of phenolic OH excluding ortho intramolecular Hbond substituents is 1. The van der Waals surface area contributed by atoms with Gasteiger partial charge in [-0.05, 0) is 78.8 Å². The summed E-state index contributed by atoms with van der Waals surface area (Å²) in [5, 5.41) is 22.2. The summed E-state index contributed by atoms with van der Waals surface area (Å²) in [6.07, 6.45) is 2.32. The molecule has 0 aromatic heterocycles. The molecule has 50 heavy (non-hydrogen) atoms. The van der Waals surface area contributed by atoms with E-state index in [1.165, 1.54) is 29.2 Å². The Hall–Kier alpha value is -5.61. The van der Waals surface area contributed by atoms with E-state index in [0.717, 1.165) is 10.5 Å². The summed E-state index contributed by atoms with van der Waals surface area (Å²) >= 11 is 6.37. The SMILES string of the molecule is Cc1cc([C@H]2C3=CC[C@@H]4C(=O)N(c5ccc([N+](=O)[O-])cc5)C(=O)[C@@H]4[C@@H]3C[C@H]3C(=O)N(c4cccc(Cl)c4)C(=O)[C@@]23c2ccccc2)ccc1O. The first kappa shape index (κ1) is 31.6. The number of halogens is 1. The van der Waals surface area contributed by atoms with Crippen molar-refractivity contribution in [1.29, 1.82) is 0 Å². The van der Waals surface area contributed by atoms with Gasteiger partial charge in [0, 0.05) is 23.1 Å². The van der Waals surface area contributed by atoms with E-state index in [4.69, 9.17) is 11.6 Å². The van der Waals surface area contributed by atoms with E-state index < -0.39 is 63.6 Å². The molecule has 0 spiro atoms. The highest BCUT2D eigenvalue weighted by molar-refractivity contribution is 6.32. The fraction of sp³-hybridized carbons (Fsp3) is 0.231. The minimum Gasteiger partial charge on any atom is -0.508 e. The van der Waals surface area contributed by atoms with E-state index in [1.807, 2.05) is 42.5 Å². The maximum atomic E-state index is 15.3. The third kappa shape index (κ3) is 4.41. The Kier molecular flexibility index (Phi) is 7.27. The van der Waals surface area contributed by atoms with Gasteiger partial charge in [0.1, 0.15) is 5.75 Å². The van der Waals surface area contributed by atoms with Crippen molar-refractivity contribution >= 4 is 52.3 Å². The average molecular weight is 688 g/mol. The molecule has 4 aromatic rings. The minimum absolute atomic E-state index is 0.0776. The highest BCUT2D eigenvalue weighted by Gasteiger charge is 2.70. The maximum Gasteiger partial charge on any atom is 0.269 e. The lowest BCUT2D eigenvalue weighted by Crippen LogP contribution is -2.53. The van der Waals surface area contributed by atoms with Crippen LogP contribution < -0.4 is 9.80 Å². The van der Waals surface area contributed by atoms with Crippen LogP contribution in [-0.4, -0.2) is 33.7 Å². The van der Waals surface area contributed by atoms with E-state index in [9.17, 15) is 29.6 Å². The van der Waals surface area contributed by atoms with E-state index in [-0.39, 0.29) is 30.0 Å². The van der Waals surface area contributed by atoms with Gasteiger partial charge in [-0.25, -0.2) is 4.90 Å². The van der Waals surface area contributed by atoms with Crippen LogP contribution in [0.4, 0.5) is 17.1 Å². The lowest BCUT2D eigenvalue weighted by molar-refractivity contribution is -0.384.